The van der Waals surface area contributed by atoms with Gasteiger partial charge in [-0.2, -0.15) is 0 Å². The summed E-state index contributed by atoms with van der Waals surface area (Å²) in [6.07, 6.45) is 11.4. The molecule has 29 heavy (non-hydrogen) atoms. The normalized spacial score (nSPS) is 24.9. The fourth-order valence-corrected chi connectivity index (χ4v) is 3.97. The molecule has 1 unspecified atom stereocenters. The molecule has 2 aliphatic rings. The van der Waals surface area contributed by atoms with Crippen LogP contribution in [-0.2, 0) is 19.1 Å². The van der Waals surface area contributed by atoms with Crippen molar-refractivity contribution in [3.63, 3.8) is 0 Å². The van der Waals surface area contributed by atoms with Crippen LogP contribution in [0.2, 0.25) is 0 Å². The number of aliphatic hydroxyl groups is 1. The van der Waals surface area contributed by atoms with Gasteiger partial charge in [0.05, 0.1) is 16.4 Å². The Bertz CT molecular complexity index is 881. The van der Waals surface area contributed by atoms with E-state index >= 15 is 0 Å². The Morgan fingerprint density at radius 3 is 2.72 bits per heavy atom. The second-order valence-corrected chi connectivity index (χ2v) is 8.34. The molecule has 1 aliphatic carbocycles. The van der Waals surface area contributed by atoms with E-state index in [1.807, 2.05) is 41.7 Å². The number of carbonyl (C=O) groups excluding carboxylic acids is 2. The van der Waals surface area contributed by atoms with Crippen LogP contribution < -0.4 is 0 Å². The maximum Gasteiger partial charge on any atom is 0.331 e. The molecule has 0 aromatic carbocycles. The minimum absolute atomic E-state index is 0.170. The van der Waals surface area contributed by atoms with Crippen LogP contribution in [0.25, 0.3) is 0 Å². The second kappa shape index (κ2) is 9.71. The Morgan fingerprint density at radius 2 is 2.10 bits per heavy atom. The first-order valence-electron chi connectivity index (χ1n) is 9.63. The highest BCUT2D eigenvalue weighted by molar-refractivity contribution is 14.1. The number of esters is 1. The highest BCUT2D eigenvalue weighted by Crippen LogP contribution is 2.43. The highest BCUT2D eigenvalue weighted by atomic mass is 127. The van der Waals surface area contributed by atoms with Gasteiger partial charge in [-0.15, -0.1) is 0 Å². The van der Waals surface area contributed by atoms with Crippen LogP contribution in [0.4, 0.5) is 0 Å². The molecule has 0 fully saturated rings. The number of allylic oxidation sites excluding steroid dienone is 6. The van der Waals surface area contributed by atoms with Gasteiger partial charge in [-0.1, -0.05) is 38.0 Å². The maximum absolute atomic E-state index is 12.7. The maximum atomic E-state index is 12.7. The summed E-state index contributed by atoms with van der Waals surface area (Å²) in [4.78, 5) is 24.7. The van der Waals surface area contributed by atoms with Crippen molar-refractivity contribution in [2.75, 3.05) is 6.61 Å². The molecule has 6 heteroatoms. The highest BCUT2D eigenvalue weighted by Gasteiger charge is 2.45. The van der Waals surface area contributed by atoms with Gasteiger partial charge in [0.2, 0.25) is 5.78 Å². The van der Waals surface area contributed by atoms with E-state index in [-0.39, 0.29) is 12.2 Å². The van der Waals surface area contributed by atoms with Crippen LogP contribution in [0.1, 0.15) is 41.0 Å². The minimum Gasteiger partial charge on any atom is -0.464 e. The molecule has 156 valence electrons. The summed E-state index contributed by atoms with van der Waals surface area (Å²) in [5.41, 5.74) is 0.568. The monoisotopic (exact) mass is 510 g/mol. The van der Waals surface area contributed by atoms with Crippen LogP contribution in [-0.4, -0.2) is 29.1 Å². The molecule has 1 heterocycles. The molecule has 0 saturated heterocycles. The van der Waals surface area contributed by atoms with E-state index in [0.29, 0.717) is 26.4 Å². The molecule has 2 rings (SSSR count). The Kier molecular flexibility index (Phi) is 7.82. The topological polar surface area (TPSA) is 72.8 Å². The molecule has 0 aromatic heterocycles. The largest absolute Gasteiger partial charge is 0.464 e. The van der Waals surface area contributed by atoms with Gasteiger partial charge in [-0.25, -0.2) is 4.79 Å². The van der Waals surface area contributed by atoms with E-state index in [1.165, 1.54) is 13.2 Å². The molecule has 1 aliphatic heterocycles. The minimum atomic E-state index is -1.83. The lowest BCUT2D eigenvalue weighted by atomic mass is 9.77. The summed E-state index contributed by atoms with van der Waals surface area (Å²) in [5, 5.41) is 10.8. The predicted octanol–water partition coefficient (Wildman–Crippen LogP) is 4.85. The van der Waals surface area contributed by atoms with Crippen molar-refractivity contribution in [3.05, 3.63) is 68.3 Å². The molecule has 5 nitrogen and oxygen atoms in total. The molecule has 0 spiro atoms. The summed E-state index contributed by atoms with van der Waals surface area (Å²) in [5.74, 6) is -0.0205. The SMILES string of the molecule is CCOC(=O)/C=C1/C2=COC(/C=C/C(C)=C/[C@@H](C)CC)=CC2=C(I)C(=O)C1(C)O. The number of ketones is 1. The molecule has 1 N–H and O–H groups in total. The lowest BCUT2D eigenvalue weighted by Gasteiger charge is -2.33. The van der Waals surface area contributed by atoms with Gasteiger partial charge in [0.25, 0.3) is 0 Å². The quantitative estimate of drug-likeness (QED) is 0.240. The average molecular weight is 510 g/mol. The van der Waals surface area contributed by atoms with Crippen LogP contribution >= 0.6 is 22.6 Å². The van der Waals surface area contributed by atoms with Crippen molar-refractivity contribution in [1.82, 2.24) is 0 Å². The van der Waals surface area contributed by atoms with Gasteiger partial charge in [-0.3, -0.25) is 4.79 Å². The summed E-state index contributed by atoms with van der Waals surface area (Å²) in [6.45, 7) is 9.59. The summed E-state index contributed by atoms with van der Waals surface area (Å²) in [7, 11) is 0. The van der Waals surface area contributed by atoms with Crippen molar-refractivity contribution in [3.8, 4) is 0 Å². The zero-order chi connectivity index (χ0) is 21.8. The van der Waals surface area contributed by atoms with Crippen LogP contribution in [0.15, 0.2) is 68.3 Å². The lowest BCUT2D eigenvalue weighted by molar-refractivity contribution is -0.137. The van der Waals surface area contributed by atoms with Gasteiger partial charge in [0, 0.05) is 22.8 Å². The third kappa shape index (κ3) is 5.36. The number of fused-ring (bicyclic) bond motifs is 1. The van der Waals surface area contributed by atoms with Crippen molar-refractivity contribution in [1.29, 1.82) is 0 Å². The Balaban J connectivity index is 2.42. The van der Waals surface area contributed by atoms with E-state index in [4.69, 9.17) is 9.47 Å². The number of halogens is 1. The second-order valence-electron chi connectivity index (χ2n) is 7.26. The fraction of sp³-hybridized carbons (Fsp3) is 0.391. The van der Waals surface area contributed by atoms with E-state index < -0.39 is 17.4 Å². The van der Waals surface area contributed by atoms with E-state index in [9.17, 15) is 14.7 Å². The Hall–Kier alpha value is -1.93. The third-order valence-corrected chi connectivity index (χ3v) is 5.90. The molecule has 0 saturated carbocycles. The zero-order valence-corrected chi connectivity index (χ0v) is 19.6. The van der Waals surface area contributed by atoms with Gasteiger partial charge >= 0.3 is 5.97 Å². The van der Waals surface area contributed by atoms with E-state index in [0.717, 1.165) is 18.1 Å². The van der Waals surface area contributed by atoms with Crippen molar-refractivity contribution in [2.24, 2.45) is 5.92 Å². The summed E-state index contributed by atoms with van der Waals surface area (Å²) < 4.78 is 11.0. The molecule has 0 amide bonds. The van der Waals surface area contributed by atoms with Gasteiger partial charge in [0.1, 0.15) is 5.76 Å². The smallest absolute Gasteiger partial charge is 0.331 e. The predicted molar refractivity (Wildman–Crippen MR) is 121 cm³/mol. The average Bonchev–Trinajstić information content (AvgIpc) is 2.68. The molecule has 0 radical (unpaired) electrons. The van der Waals surface area contributed by atoms with Crippen LogP contribution in [0.3, 0.4) is 0 Å². The first kappa shape index (κ1) is 23.3. The Morgan fingerprint density at radius 1 is 1.41 bits per heavy atom. The van der Waals surface area contributed by atoms with Gasteiger partial charge in [0.15, 0.2) is 5.60 Å². The summed E-state index contributed by atoms with van der Waals surface area (Å²) >= 11 is 1.93. The number of rotatable bonds is 6. The van der Waals surface area contributed by atoms with E-state index in [2.05, 4.69) is 19.9 Å². The van der Waals surface area contributed by atoms with E-state index in [1.54, 1.807) is 13.0 Å². The Labute approximate surface area is 185 Å². The summed E-state index contributed by atoms with van der Waals surface area (Å²) in [6, 6.07) is 0. The molecule has 0 bridgehead atoms. The third-order valence-electron chi connectivity index (χ3n) is 4.83. The van der Waals surface area contributed by atoms with Crippen LogP contribution in [0.5, 0.6) is 0 Å². The molecule has 0 aromatic rings. The number of Topliss-reactive ketones (excluding diaryl/α,β-unsaturated/α-hetero) is 1. The number of hydrogen-bond donors (Lipinski definition) is 1. The first-order chi connectivity index (χ1) is 13.6. The van der Waals surface area contributed by atoms with Crippen molar-refractivity contribution in [2.45, 2.75) is 46.6 Å². The number of ether oxygens (including phenoxy) is 2. The zero-order valence-electron chi connectivity index (χ0n) is 17.4. The van der Waals surface area contributed by atoms with Gasteiger partial charge < -0.3 is 14.6 Å². The number of hydrogen-bond acceptors (Lipinski definition) is 5. The number of carbonyl (C=O) groups is 2. The fourth-order valence-electron chi connectivity index (χ4n) is 3.00. The molecule has 2 atom stereocenters. The lowest BCUT2D eigenvalue weighted by Crippen LogP contribution is -2.42. The van der Waals surface area contributed by atoms with Crippen molar-refractivity contribution >= 4 is 34.3 Å². The molecular formula is C23H27IO5. The first-order valence-corrected chi connectivity index (χ1v) is 10.7. The standard InChI is InChI=1S/C23H27IO5/c1-6-14(3)10-15(4)8-9-16-11-17-18(13-29-16)19(12-20(25)28-7-2)23(5,27)22(26)21(17)24/h8-14,27H,6-7H2,1-5H3/b9-8+,15-10+,19-12-/t14-,23?/m0/s1. The molecular weight excluding hydrogens is 483 g/mol. The van der Waals surface area contributed by atoms with Crippen molar-refractivity contribution < 1.29 is 24.2 Å². The van der Waals surface area contributed by atoms with Crippen LogP contribution in [0, 0.1) is 5.92 Å². The van der Waals surface area contributed by atoms with Gasteiger partial charge in [-0.05, 0) is 61.4 Å².